The van der Waals surface area contributed by atoms with Crippen LogP contribution in [0.5, 0.6) is 0 Å². The standard InChI is InChI=1S/C60H42N2Si/c1-5-21-43(22-6-1)50-31-13-14-32-51(50)53-35-20-38-59-60(53)54-34-16-18-37-57(54)62(59)45-39-40-58-55(42-45)52-33-15-17-36-56(52)61(58)44-23-19-30-49(41-44)63(46-24-7-2-8-25-46,47-26-9-3-10-27-47)48-28-11-4-12-29-48/h1-42H. The fourth-order valence-corrected chi connectivity index (χ4v) is 15.2. The summed E-state index contributed by atoms with van der Waals surface area (Å²) in [5, 5.41) is 10.4. The minimum atomic E-state index is -2.75. The van der Waals surface area contributed by atoms with Crippen molar-refractivity contribution >= 4 is 72.4 Å². The van der Waals surface area contributed by atoms with Crippen molar-refractivity contribution in [1.82, 2.24) is 9.13 Å². The van der Waals surface area contributed by atoms with Gasteiger partial charge in [0.05, 0.1) is 22.1 Å². The van der Waals surface area contributed by atoms with E-state index in [4.69, 9.17) is 0 Å². The highest BCUT2D eigenvalue weighted by Gasteiger charge is 2.41. The first-order valence-corrected chi connectivity index (χ1v) is 23.8. The van der Waals surface area contributed by atoms with Gasteiger partial charge < -0.3 is 9.13 Å². The van der Waals surface area contributed by atoms with E-state index >= 15 is 0 Å². The lowest BCUT2D eigenvalue weighted by Gasteiger charge is -2.34. The Labute approximate surface area is 368 Å². The molecule has 0 unspecified atom stereocenters. The average molecular weight is 819 g/mol. The van der Waals surface area contributed by atoms with Gasteiger partial charge in [-0.1, -0.05) is 206 Å². The number of nitrogens with zero attached hydrogens (tertiary/aromatic N) is 2. The Morgan fingerprint density at radius 2 is 0.698 bits per heavy atom. The predicted molar refractivity (Wildman–Crippen MR) is 270 cm³/mol. The second-order valence-corrected chi connectivity index (χ2v) is 20.2. The molecule has 0 spiro atoms. The lowest BCUT2D eigenvalue weighted by Crippen LogP contribution is -2.74. The van der Waals surface area contributed by atoms with E-state index in [1.165, 1.54) is 86.6 Å². The normalized spacial score (nSPS) is 11.8. The van der Waals surface area contributed by atoms with Crippen molar-refractivity contribution in [2.24, 2.45) is 0 Å². The summed E-state index contributed by atoms with van der Waals surface area (Å²) in [6.45, 7) is 0. The van der Waals surface area contributed by atoms with Gasteiger partial charge in [0, 0.05) is 32.9 Å². The predicted octanol–water partition coefficient (Wildman–Crippen LogP) is 12.6. The topological polar surface area (TPSA) is 9.86 Å². The van der Waals surface area contributed by atoms with Crippen LogP contribution in [0.25, 0.3) is 77.2 Å². The van der Waals surface area contributed by atoms with E-state index in [1.807, 2.05) is 0 Å². The van der Waals surface area contributed by atoms with Crippen LogP contribution in [0.2, 0.25) is 0 Å². The quantitative estimate of drug-likeness (QED) is 0.107. The molecule has 0 bridgehead atoms. The Kier molecular flexibility index (Phi) is 8.87. The van der Waals surface area contributed by atoms with Crippen LogP contribution < -0.4 is 20.7 Å². The first-order chi connectivity index (χ1) is 31.3. The van der Waals surface area contributed by atoms with Crippen molar-refractivity contribution in [3.8, 4) is 33.6 Å². The van der Waals surface area contributed by atoms with E-state index < -0.39 is 8.07 Å². The van der Waals surface area contributed by atoms with Gasteiger partial charge >= 0.3 is 0 Å². The Bertz CT molecular complexity index is 3510. The highest BCUT2D eigenvalue weighted by atomic mass is 28.3. The molecule has 0 saturated carbocycles. The molecule has 12 rings (SSSR count). The number of hydrogen-bond donors (Lipinski definition) is 0. The summed E-state index contributed by atoms with van der Waals surface area (Å²) in [5.74, 6) is 0. The first kappa shape index (κ1) is 36.8. The molecule has 0 amide bonds. The van der Waals surface area contributed by atoms with Crippen LogP contribution in [-0.4, -0.2) is 17.2 Å². The van der Waals surface area contributed by atoms with Crippen LogP contribution in [0.4, 0.5) is 0 Å². The molecule has 2 heterocycles. The van der Waals surface area contributed by atoms with Crippen LogP contribution in [0, 0.1) is 0 Å². The van der Waals surface area contributed by atoms with E-state index in [2.05, 4.69) is 264 Å². The van der Waals surface area contributed by atoms with Gasteiger partial charge in [0.2, 0.25) is 0 Å². The smallest absolute Gasteiger partial charge is 0.179 e. The van der Waals surface area contributed by atoms with Gasteiger partial charge in [0.1, 0.15) is 0 Å². The van der Waals surface area contributed by atoms with Crippen LogP contribution in [0.1, 0.15) is 0 Å². The van der Waals surface area contributed by atoms with Crippen molar-refractivity contribution in [3.63, 3.8) is 0 Å². The summed E-state index contributed by atoms with van der Waals surface area (Å²) < 4.78 is 4.94. The Morgan fingerprint density at radius 3 is 1.37 bits per heavy atom. The SMILES string of the molecule is c1ccc(-c2ccccc2-c2cccc3c2c2ccccc2n3-c2ccc3c(c2)c2ccccc2n3-c2cccc([Si](c3ccccc3)(c3ccccc3)c3ccccc3)c2)cc1. The number of hydrogen-bond acceptors (Lipinski definition) is 0. The van der Waals surface area contributed by atoms with Crippen molar-refractivity contribution in [1.29, 1.82) is 0 Å². The Balaban J connectivity index is 1.07. The number of aromatic nitrogens is 2. The van der Waals surface area contributed by atoms with Crippen molar-refractivity contribution in [3.05, 3.63) is 255 Å². The summed E-state index contributed by atoms with van der Waals surface area (Å²) in [5.41, 5.74) is 12.0. The summed E-state index contributed by atoms with van der Waals surface area (Å²) in [4.78, 5) is 0. The van der Waals surface area contributed by atoms with Crippen LogP contribution >= 0.6 is 0 Å². The molecule has 2 aromatic heterocycles. The maximum absolute atomic E-state index is 2.75. The second kappa shape index (κ2) is 15.2. The fraction of sp³-hybridized carbons (Fsp3) is 0. The van der Waals surface area contributed by atoms with Gasteiger partial charge in [0.25, 0.3) is 0 Å². The van der Waals surface area contributed by atoms with Crippen molar-refractivity contribution < 1.29 is 0 Å². The first-order valence-electron chi connectivity index (χ1n) is 21.8. The van der Waals surface area contributed by atoms with Crippen LogP contribution in [-0.2, 0) is 0 Å². The van der Waals surface area contributed by atoms with E-state index in [1.54, 1.807) is 0 Å². The zero-order chi connectivity index (χ0) is 41.7. The zero-order valence-corrected chi connectivity index (χ0v) is 35.6. The molecule has 0 radical (unpaired) electrons. The van der Waals surface area contributed by atoms with Crippen molar-refractivity contribution in [2.45, 2.75) is 0 Å². The summed E-state index contributed by atoms with van der Waals surface area (Å²) in [6, 6.07) is 94.1. The number of benzene rings is 10. The monoisotopic (exact) mass is 818 g/mol. The number of para-hydroxylation sites is 2. The molecule has 3 heteroatoms. The Morgan fingerprint density at radius 1 is 0.254 bits per heavy atom. The van der Waals surface area contributed by atoms with Gasteiger partial charge in [-0.15, -0.1) is 0 Å². The van der Waals surface area contributed by atoms with Crippen LogP contribution in [0.3, 0.4) is 0 Å². The molecule has 0 atom stereocenters. The summed E-state index contributed by atoms with van der Waals surface area (Å²) >= 11 is 0. The molecule has 0 saturated heterocycles. The number of fused-ring (bicyclic) bond motifs is 6. The minimum absolute atomic E-state index is 1.14. The van der Waals surface area contributed by atoms with Gasteiger partial charge in [-0.25, -0.2) is 0 Å². The lowest BCUT2D eigenvalue weighted by atomic mass is 9.92. The molecule has 0 fully saturated rings. The van der Waals surface area contributed by atoms with E-state index in [0.29, 0.717) is 0 Å². The number of rotatable bonds is 8. The third kappa shape index (κ3) is 5.85. The minimum Gasteiger partial charge on any atom is -0.309 e. The molecule has 63 heavy (non-hydrogen) atoms. The largest absolute Gasteiger partial charge is 0.309 e. The third-order valence-corrected chi connectivity index (χ3v) is 17.8. The molecule has 0 aliphatic carbocycles. The van der Waals surface area contributed by atoms with Crippen molar-refractivity contribution in [2.75, 3.05) is 0 Å². The van der Waals surface area contributed by atoms with Gasteiger partial charge in [-0.3, -0.25) is 0 Å². The highest BCUT2D eigenvalue weighted by Crippen LogP contribution is 2.42. The van der Waals surface area contributed by atoms with Gasteiger partial charge in [0.15, 0.2) is 8.07 Å². The zero-order valence-electron chi connectivity index (χ0n) is 34.6. The van der Waals surface area contributed by atoms with Gasteiger partial charge in [-0.2, -0.15) is 0 Å². The molecule has 10 aromatic carbocycles. The molecule has 296 valence electrons. The summed E-state index contributed by atoms with van der Waals surface area (Å²) in [7, 11) is -2.75. The van der Waals surface area contributed by atoms with E-state index in [0.717, 1.165) is 11.4 Å². The summed E-state index contributed by atoms with van der Waals surface area (Å²) in [6.07, 6.45) is 0. The highest BCUT2D eigenvalue weighted by molar-refractivity contribution is 7.19. The molecule has 0 N–H and O–H groups in total. The molecular weight excluding hydrogens is 777 g/mol. The molecular formula is C60H42N2Si. The molecule has 0 aliphatic heterocycles. The fourth-order valence-electron chi connectivity index (χ4n) is 10.4. The average Bonchev–Trinajstić information content (AvgIpc) is 3.88. The van der Waals surface area contributed by atoms with Gasteiger partial charge in [-0.05, 0) is 91.5 Å². The van der Waals surface area contributed by atoms with E-state index in [-0.39, 0.29) is 0 Å². The third-order valence-electron chi connectivity index (χ3n) is 13.1. The lowest BCUT2D eigenvalue weighted by molar-refractivity contribution is 1.17. The maximum Gasteiger partial charge on any atom is 0.179 e. The second-order valence-electron chi connectivity index (χ2n) is 16.4. The Hall–Kier alpha value is -7.98. The maximum atomic E-state index is 2.47. The molecule has 2 nitrogen and oxygen atoms in total. The molecule has 0 aliphatic rings. The van der Waals surface area contributed by atoms with E-state index in [9.17, 15) is 0 Å². The molecule has 12 aromatic rings. The van der Waals surface area contributed by atoms with Crippen LogP contribution in [0.15, 0.2) is 255 Å².